The normalized spacial score (nSPS) is 11.0. The zero-order valence-corrected chi connectivity index (χ0v) is 17.2. The Morgan fingerprint density at radius 3 is 2.43 bits per heavy atom. The first-order chi connectivity index (χ1) is 13.4. The van der Waals surface area contributed by atoms with Gasteiger partial charge in [-0.05, 0) is 62.4 Å². The third-order valence-electron chi connectivity index (χ3n) is 4.35. The van der Waals surface area contributed by atoms with Gasteiger partial charge in [0.25, 0.3) is 5.91 Å². The van der Waals surface area contributed by atoms with Gasteiger partial charge in [0, 0.05) is 28.2 Å². The molecule has 144 valence electrons. The number of hydrogen-bond acceptors (Lipinski definition) is 3. The molecule has 1 amide bonds. The lowest BCUT2D eigenvalue weighted by Gasteiger charge is -2.10. The second-order valence-corrected chi connectivity index (χ2v) is 7.00. The monoisotopic (exact) mass is 415 g/mol. The van der Waals surface area contributed by atoms with Crippen LogP contribution in [0.4, 0.5) is 0 Å². The van der Waals surface area contributed by atoms with E-state index in [1.807, 2.05) is 32.0 Å². The number of nitrogens with one attached hydrogen (secondary N) is 1. The maximum absolute atomic E-state index is 12.2. The van der Waals surface area contributed by atoms with E-state index in [4.69, 9.17) is 27.9 Å². The SMILES string of the molecule is COc1ccc(C(=O)N/N=C\c2cc(C)n(-c3ccc(Cl)c(Cl)c3)c2C)cc1. The summed E-state index contributed by atoms with van der Waals surface area (Å²) < 4.78 is 7.14. The average Bonchev–Trinajstić information content (AvgIpc) is 2.97. The first-order valence-corrected chi connectivity index (χ1v) is 9.28. The van der Waals surface area contributed by atoms with Crippen molar-refractivity contribution in [2.75, 3.05) is 7.11 Å². The smallest absolute Gasteiger partial charge is 0.271 e. The molecule has 2 aromatic carbocycles. The molecule has 0 fully saturated rings. The molecule has 7 heteroatoms. The number of benzene rings is 2. The Morgan fingerprint density at radius 1 is 1.07 bits per heavy atom. The average molecular weight is 416 g/mol. The lowest BCUT2D eigenvalue weighted by Crippen LogP contribution is -2.17. The van der Waals surface area contributed by atoms with E-state index in [0.29, 0.717) is 21.4 Å². The third-order valence-corrected chi connectivity index (χ3v) is 5.09. The highest BCUT2D eigenvalue weighted by Crippen LogP contribution is 2.27. The molecule has 0 saturated heterocycles. The Morgan fingerprint density at radius 2 is 1.79 bits per heavy atom. The molecule has 3 rings (SSSR count). The molecule has 1 aromatic heterocycles. The van der Waals surface area contributed by atoms with E-state index in [2.05, 4.69) is 15.1 Å². The molecule has 0 aliphatic heterocycles. The number of rotatable bonds is 5. The highest BCUT2D eigenvalue weighted by Gasteiger charge is 2.11. The van der Waals surface area contributed by atoms with Crippen molar-refractivity contribution in [3.05, 3.63) is 81.1 Å². The van der Waals surface area contributed by atoms with Crippen molar-refractivity contribution in [1.82, 2.24) is 9.99 Å². The molecule has 0 bridgehead atoms. The van der Waals surface area contributed by atoms with E-state index in [0.717, 1.165) is 22.6 Å². The number of hydrazone groups is 1. The Kier molecular flexibility index (Phi) is 6.07. The fourth-order valence-electron chi connectivity index (χ4n) is 2.91. The standard InChI is InChI=1S/C21H19Cl2N3O2/c1-13-10-16(14(2)26(13)17-6-9-19(22)20(23)11-17)12-24-25-21(27)15-4-7-18(28-3)8-5-15/h4-12H,1-3H3,(H,25,27)/b24-12-. The Hall–Kier alpha value is -2.76. The lowest BCUT2D eigenvalue weighted by molar-refractivity contribution is 0.0955. The van der Waals surface area contributed by atoms with Crippen LogP contribution >= 0.6 is 23.2 Å². The first kappa shape index (κ1) is 20.0. The minimum absolute atomic E-state index is 0.294. The summed E-state index contributed by atoms with van der Waals surface area (Å²) in [5, 5.41) is 5.09. The fraction of sp³-hybridized carbons (Fsp3) is 0.143. The van der Waals surface area contributed by atoms with Crippen LogP contribution < -0.4 is 10.2 Å². The van der Waals surface area contributed by atoms with E-state index < -0.39 is 0 Å². The summed E-state index contributed by atoms with van der Waals surface area (Å²) in [6.45, 7) is 3.96. The van der Waals surface area contributed by atoms with Crippen LogP contribution in [-0.4, -0.2) is 23.8 Å². The molecule has 1 N–H and O–H groups in total. The van der Waals surface area contributed by atoms with Gasteiger partial charge in [-0.2, -0.15) is 5.10 Å². The number of carbonyl (C=O) groups excluding carboxylic acids is 1. The zero-order valence-electron chi connectivity index (χ0n) is 15.7. The van der Waals surface area contributed by atoms with Crippen molar-refractivity contribution < 1.29 is 9.53 Å². The van der Waals surface area contributed by atoms with Gasteiger partial charge in [-0.25, -0.2) is 5.43 Å². The second kappa shape index (κ2) is 8.50. The van der Waals surface area contributed by atoms with Crippen molar-refractivity contribution in [3.8, 4) is 11.4 Å². The molecule has 0 unspecified atom stereocenters. The predicted octanol–water partition coefficient (Wildman–Crippen LogP) is 5.17. The Labute approximate surface area is 173 Å². The van der Waals surface area contributed by atoms with Gasteiger partial charge >= 0.3 is 0 Å². The molecule has 0 aliphatic rings. The largest absolute Gasteiger partial charge is 0.497 e. The van der Waals surface area contributed by atoms with Crippen molar-refractivity contribution in [1.29, 1.82) is 0 Å². The van der Waals surface area contributed by atoms with Crippen LogP contribution in [0.15, 0.2) is 53.6 Å². The number of aromatic nitrogens is 1. The van der Waals surface area contributed by atoms with Crippen LogP contribution in [0.1, 0.15) is 27.3 Å². The number of methoxy groups -OCH3 is 1. The molecule has 0 spiro atoms. The number of carbonyl (C=O) groups is 1. The second-order valence-electron chi connectivity index (χ2n) is 6.19. The number of aryl methyl sites for hydroxylation is 1. The zero-order chi connectivity index (χ0) is 20.3. The summed E-state index contributed by atoms with van der Waals surface area (Å²) in [4.78, 5) is 12.2. The van der Waals surface area contributed by atoms with E-state index in [1.54, 1.807) is 43.7 Å². The van der Waals surface area contributed by atoms with Gasteiger partial charge in [-0.3, -0.25) is 4.79 Å². The van der Waals surface area contributed by atoms with Gasteiger partial charge in [-0.15, -0.1) is 0 Å². The van der Waals surface area contributed by atoms with Gasteiger partial charge in [-0.1, -0.05) is 23.2 Å². The summed E-state index contributed by atoms with van der Waals surface area (Å²) in [6.07, 6.45) is 1.62. The van der Waals surface area contributed by atoms with Crippen LogP contribution in [0.2, 0.25) is 10.0 Å². The van der Waals surface area contributed by atoms with Gasteiger partial charge in [0.2, 0.25) is 0 Å². The minimum Gasteiger partial charge on any atom is -0.497 e. The highest BCUT2D eigenvalue weighted by atomic mass is 35.5. The maximum Gasteiger partial charge on any atom is 0.271 e. The van der Waals surface area contributed by atoms with Crippen LogP contribution in [0.25, 0.3) is 5.69 Å². The number of amides is 1. The number of ether oxygens (including phenoxy) is 1. The number of nitrogens with zero attached hydrogens (tertiary/aromatic N) is 2. The van der Waals surface area contributed by atoms with Gasteiger partial charge in [0.1, 0.15) is 5.75 Å². The molecular weight excluding hydrogens is 397 g/mol. The lowest BCUT2D eigenvalue weighted by atomic mass is 10.2. The minimum atomic E-state index is -0.294. The molecule has 1 heterocycles. The van der Waals surface area contributed by atoms with Crippen molar-refractivity contribution in [2.24, 2.45) is 5.10 Å². The van der Waals surface area contributed by atoms with Crippen LogP contribution in [0.3, 0.4) is 0 Å². The molecular formula is C21H19Cl2N3O2. The van der Waals surface area contributed by atoms with Crippen LogP contribution in [0, 0.1) is 13.8 Å². The summed E-state index contributed by atoms with van der Waals surface area (Å²) in [5.41, 5.74) is 6.82. The van der Waals surface area contributed by atoms with E-state index >= 15 is 0 Å². The summed E-state index contributed by atoms with van der Waals surface area (Å²) >= 11 is 12.2. The molecule has 3 aromatic rings. The number of hydrogen-bond donors (Lipinski definition) is 1. The number of halogens is 2. The van der Waals surface area contributed by atoms with E-state index in [9.17, 15) is 4.79 Å². The van der Waals surface area contributed by atoms with Gasteiger partial charge in [0.15, 0.2) is 0 Å². The fourth-order valence-corrected chi connectivity index (χ4v) is 3.20. The van der Waals surface area contributed by atoms with Crippen LogP contribution in [0.5, 0.6) is 5.75 Å². The molecule has 0 radical (unpaired) electrons. The van der Waals surface area contributed by atoms with Crippen molar-refractivity contribution in [3.63, 3.8) is 0 Å². The maximum atomic E-state index is 12.2. The summed E-state index contributed by atoms with van der Waals surface area (Å²) in [5.74, 6) is 0.395. The molecule has 0 aliphatic carbocycles. The quantitative estimate of drug-likeness (QED) is 0.461. The van der Waals surface area contributed by atoms with Crippen molar-refractivity contribution in [2.45, 2.75) is 13.8 Å². The van der Waals surface area contributed by atoms with Gasteiger partial charge < -0.3 is 9.30 Å². The molecule has 0 saturated carbocycles. The Bertz CT molecular complexity index is 1040. The highest BCUT2D eigenvalue weighted by molar-refractivity contribution is 6.42. The third kappa shape index (κ3) is 4.21. The molecule has 5 nitrogen and oxygen atoms in total. The Balaban J connectivity index is 1.77. The van der Waals surface area contributed by atoms with Crippen molar-refractivity contribution >= 4 is 35.3 Å². The summed E-state index contributed by atoms with van der Waals surface area (Å²) in [6, 6.07) is 14.3. The van der Waals surface area contributed by atoms with E-state index in [1.165, 1.54) is 0 Å². The van der Waals surface area contributed by atoms with Gasteiger partial charge in [0.05, 0.1) is 23.4 Å². The molecule has 28 heavy (non-hydrogen) atoms. The summed E-state index contributed by atoms with van der Waals surface area (Å²) in [7, 11) is 1.58. The van der Waals surface area contributed by atoms with E-state index in [-0.39, 0.29) is 5.91 Å². The van der Waals surface area contributed by atoms with Crippen LogP contribution in [-0.2, 0) is 0 Å². The predicted molar refractivity (Wildman–Crippen MR) is 113 cm³/mol. The topological polar surface area (TPSA) is 55.6 Å². The first-order valence-electron chi connectivity index (χ1n) is 8.52. The molecule has 0 atom stereocenters.